The van der Waals surface area contributed by atoms with Crippen molar-refractivity contribution < 1.29 is 22.8 Å². The number of fused-ring (bicyclic) bond motifs is 1. The molecule has 31 heavy (non-hydrogen) atoms. The van der Waals surface area contributed by atoms with Crippen LogP contribution in [0.2, 0.25) is 10.0 Å². The molecule has 162 valence electrons. The number of nitrogens with zero attached hydrogens (tertiary/aromatic N) is 3. The molecule has 1 N–H and O–H groups in total. The number of hydrogen-bond acceptors (Lipinski definition) is 6. The molecule has 0 fully saturated rings. The molecular weight excluding hydrogens is 476 g/mol. The Balaban J connectivity index is 1.53. The van der Waals surface area contributed by atoms with E-state index in [4.69, 9.17) is 33.3 Å². The van der Waals surface area contributed by atoms with Crippen molar-refractivity contribution in [1.82, 2.24) is 10.2 Å². The van der Waals surface area contributed by atoms with Crippen LogP contribution in [0.5, 0.6) is 0 Å². The van der Waals surface area contributed by atoms with Crippen LogP contribution in [-0.2, 0) is 23.5 Å². The summed E-state index contributed by atoms with van der Waals surface area (Å²) in [4.78, 5) is 20.0. The number of nitrogens with one attached hydrogen (secondary N) is 1. The molecule has 2 aliphatic heterocycles. The molecule has 1 atom stereocenters. The SMILES string of the molecule is N#CCNC(=O)c1cc2c(s1)CN(C1=NOC(c3cc(Cl)cc(Cl)c3)(C(F)(F)F)C1)C2. The third-order valence-electron chi connectivity index (χ3n) is 5.01. The zero-order valence-electron chi connectivity index (χ0n) is 15.6. The molecular formula is C19H13Cl2F3N4O2S. The fraction of sp³-hybridized carbons (Fsp3) is 0.316. The maximum atomic E-state index is 14.1. The molecule has 1 amide bonds. The van der Waals surface area contributed by atoms with Crippen molar-refractivity contribution in [1.29, 1.82) is 5.26 Å². The number of oxime groups is 1. The van der Waals surface area contributed by atoms with Crippen molar-refractivity contribution in [3.8, 4) is 6.07 Å². The number of hydrogen-bond donors (Lipinski definition) is 1. The van der Waals surface area contributed by atoms with Gasteiger partial charge in [0.2, 0.25) is 0 Å². The average molecular weight is 489 g/mol. The first-order valence-corrected chi connectivity index (χ1v) is 10.5. The van der Waals surface area contributed by atoms with E-state index in [1.807, 2.05) is 6.07 Å². The highest BCUT2D eigenvalue weighted by molar-refractivity contribution is 7.14. The number of halogens is 5. The van der Waals surface area contributed by atoms with Gasteiger partial charge in [-0.25, -0.2) is 0 Å². The van der Waals surface area contributed by atoms with Crippen molar-refractivity contribution in [3.05, 3.63) is 55.2 Å². The summed E-state index contributed by atoms with van der Waals surface area (Å²) in [6, 6.07) is 7.20. The van der Waals surface area contributed by atoms with Gasteiger partial charge in [-0.1, -0.05) is 28.4 Å². The number of nitriles is 1. The van der Waals surface area contributed by atoms with Gasteiger partial charge in [-0.15, -0.1) is 11.3 Å². The summed E-state index contributed by atoms with van der Waals surface area (Å²) in [5.74, 6) is -0.213. The molecule has 0 saturated heterocycles. The molecule has 1 aromatic carbocycles. The summed E-state index contributed by atoms with van der Waals surface area (Å²) >= 11 is 13.1. The lowest BCUT2D eigenvalue weighted by Crippen LogP contribution is -2.43. The summed E-state index contributed by atoms with van der Waals surface area (Å²) in [6.45, 7) is 0.497. The lowest BCUT2D eigenvalue weighted by atomic mass is 9.89. The Hall–Kier alpha value is -2.48. The highest BCUT2D eigenvalue weighted by atomic mass is 35.5. The number of carbonyl (C=O) groups excluding carboxylic acids is 1. The van der Waals surface area contributed by atoms with Crippen LogP contribution in [0.25, 0.3) is 0 Å². The molecule has 12 heteroatoms. The summed E-state index contributed by atoms with van der Waals surface area (Å²) in [5, 5.41) is 14.9. The van der Waals surface area contributed by atoms with Gasteiger partial charge in [0, 0.05) is 27.0 Å². The molecule has 1 aromatic heterocycles. The Bertz CT molecular complexity index is 1080. The summed E-state index contributed by atoms with van der Waals surface area (Å²) < 4.78 is 42.3. The van der Waals surface area contributed by atoms with Gasteiger partial charge in [0.05, 0.1) is 23.9 Å². The maximum absolute atomic E-state index is 14.1. The minimum absolute atomic E-state index is 0.0636. The summed E-state index contributed by atoms with van der Waals surface area (Å²) in [5.41, 5.74) is -2.08. The lowest BCUT2D eigenvalue weighted by Gasteiger charge is -2.30. The van der Waals surface area contributed by atoms with Gasteiger partial charge >= 0.3 is 6.18 Å². The highest BCUT2D eigenvalue weighted by Gasteiger charge is 2.63. The minimum atomic E-state index is -4.76. The van der Waals surface area contributed by atoms with Gasteiger partial charge < -0.3 is 15.1 Å². The van der Waals surface area contributed by atoms with E-state index in [9.17, 15) is 18.0 Å². The fourth-order valence-corrected chi connectivity index (χ4v) is 5.15. The van der Waals surface area contributed by atoms with E-state index in [1.54, 1.807) is 11.0 Å². The molecule has 0 saturated carbocycles. The monoisotopic (exact) mass is 488 g/mol. The van der Waals surface area contributed by atoms with Crippen molar-refractivity contribution in [2.45, 2.75) is 31.3 Å². The Labute approximate surface area is 188 Å². The van der Waals surface area contributed by atoms with Gasteiger partial charge in [0.25, 0.3) is 11.5 Å². The van der Waals surface area contributed by atoms with Crippen LogP contribution in [0.4, 0.5) is 13.2 Å². The molecule has 1 unspecified atom stereocenters. The zero-order valence-corrected chi connectivity index (χ0v) is 17.9. The Morgan fingerprint density at radius 2 is 2.00 bits per heavy atom. The fourth-order valence-electron chi connectivity index (χ4n) is 3.52. The molecule has 4 rings (SSSR count). The summed E-state index contributed by atoms with van der Waals surface area (Å²) in [6.07, 6.45) is -5.29. The largest absolute Gasteiger partial charge is 0.435 e. The first kappa shape index (κ1) is 21.7. The van der Waals surface area contributed by atoms with E-state index < -0.39 is 18.2 Å². The quantitative estimate of drug-likeness (QED) is 0.628. The van der Waals surface area contributed by atoms with Crippen molar-refractivity contribution in [2.75, 3.05) is 6.54 Å². The number of alkyl halides is 3. The summed E-state index contributed by atoms with van der Waals surface area (Å²) in [7, 11) is 0. The topological polar surface area (TPSA) is 77.7 Å². The molecule has 2 aromatic rings. The van der Waals surface area contributed by atoms with Gasteiger partial charge in [-0.05, 0) is 29.8 Å². The predicted octanol–water partition coefficient (Wildman–Crippen LogP) is 4.82. The van der Waals surface area contributed by atoms with Gasteiger partial charge in [0.15, 0.2) is 0 Å². The second-order valence-electron chi connectivity index (χ2n) is 7.01. The number of rotatable bonds is 3. The van der Waals surface area contributed by atoms with Crippen molar-refractivity contribution in [2.24, 2.45) is 5.16 Å². The van der Waals surface area contributed by atoms with E-state index in [0.717, 1.165) is 10.4 Å². The number of thiophene rings is 1. The van der Waals surface area contributed by atoms with E-state index in [-0.39, 0.29) is 33.9 Å². The lowest BCUT2D eigenvalue weighted by molar-refractivity contribution is -0.275. The van der Waals surface area contributed by atoms with Gasteiger partial charge in [-0.3, -0.25) is 4.79 Å². The van der Waals surface area contributed by atoms with Gasteiger partial charge in [0.1, 0.15) is 12.4 Å². The number of amidine groups is 1. The smallest absolute Gasteiger partial charge is 0.372 e. The third kappa shape index (κ3) is 3.93. The zero-order chi connectivity index (χ0) is 22.4. The molecule has 0 spiro atoms. The molecule has 2 aliphatic rings. The van der Waals surface area contributed by atoms with Crippen molar-refractivity contribution >= 4 is 46.3 Å². The van der Waals surface area contributed by atoms with E-state index >= 15 is 0 Å². The van der Waals surface area contributed by atoms with Crippen molar-refractivity contribution in [3.63, 3.8) is 0 Å². The Kier molecular flexibility index (Phi) is 5.54. The van der Waals surface area contributed by atoms with Crippen LogP contribution < -0.4 is 5.32 Å². The average Bonchev–Trinajstić information content (AvgIpc) is 3.37. The van der Waals surface area contributed by atoms with E-state index in [0.29, 0.717) is 18.0 Å². The first-order valence-electron chi connectivity index (χ1n) is 8.93. The van der Waals surface area contributed by atoms with Crippen LogP contribution >= 0.6 is 34.5 Å². The van der Waals surface area contributed by atoms with E-state index in [2.05, 4.69) is 10.5 Å². The Morgan fingerprint density at radius 3 is 2.61 bits per heavy atom. The predicted molar refractivity (Wildman–Crippen MR) is 109 cm³/mol. The molecule has 0 bridgehead atoms. The first-order chi connectivity index (χ1) is 14.6. The van der Waals surface area contributed by atoms with Crippen LogP contribution in [-0.4, -0.2) is 29.4 Å². The minimum Gasteiger partial charge on any atom is -0.372 e. The molecule has 3 heterocycles. The van der Waals surface area contributed by atoms with E-state index in [1.165, 1.54) is 29.5 Å². The number of carbonyl (C=O) groups is 1. The molecule has 0 aliphatic carbocycles. The van der Waals surface area contributed by atoms with Crippen LogP contribution in [0.1, 0.15) is 32.1 Å². The molecule has 0 radical (unpaired) electrons. The van der Waals surface area contributed by atoms with Crippen LogP contribution in [0, 0.1) is 11.3 Å². The van der Waals surface area contributed by atoms with Gasteiger partial charge in [-0.2, -0.15) is 18.4 Å². The second kappa shape index (κ2) is 7.89. The molecule has 6 nitrogen and oxygen atoms in total. The highest BCUT2D eigenvalue weighted by Crippen LogP contribution is 2.50. The standard InChI is InChI=1S/C19H13Cl2F3N4O2S/c20-12-4-11(5-13(21)6-12)18(19(22,23)24)7-16(27-30-18)28-8-10-3-14(31-15(10)9-28)17(29)26-2-1-25/h3-6H,2,7-9H2,(H,26,29). The number of amides is 1. The Morgan fingerprint density at radius 1 is 1.29 bits per heavy atom. The maximum Gasteiger partial charge on any atom is 0.435 e. The third-order valence-corrected chi connectivity index (χ3v) is 6.61. The van der Waals surface area contributed by atoms with Crippen LogP contribution in [0.15, 0.2) is 29.4 Å². The second-order valence-corrected chi connectivity index (χ2v) is 9.02. The van der Waals surface area contributed by atoms with Crippen LogP contribution in [0.3, 0.4) is 0 Å². The normalized spacial score (nSPS) is 20.1. The number of benzene rings is 1.